The molecule has 9 nitrogen and oxygen atoms in total. The number of carbonyl (C=O) groups excluding carboxylic acids is 3. The van der Waals surface area contributed by atoms with E-state index in [0.717, 1.165) is 60.3 Å². The van der Waals surface area contributed by atoms with E-state index in [1.54, 1.807) is 16.8 Å². The number of urea groups is 1. The Labute approximate surface area is 276 Å². The van der Waals surface area contributed by atoms with Gasteiger partial charge in [-0.3, -0.25) is 14.9 Å². The van der Waals surface area contributed by atoms with Crippen LogP contribution in [0.1, 0.15) is 73.6 Å². The number of carbonyl (C=O) groups is 3. The fraction of sp³-hybridized carbons (Fsp3) is 0.368. The molecule has 2 fully saturated rings. The second-order valence-electron chi connectivity index (χ2n) is 14.0. The molecule has 1 aromatic heterocycles. The van der Waals surface area contributed by atoms with Gasteiger partial charge in [-0.2, -0.15) is 5.10 Å². The zero-order valence-electron chi connectivity index (χ0n) is 27.6. The van der Waals surface area contributed by atoms with Crippen molar-refractivity contribution >= 4 is 29.4 Å². The predicted octanol–water partition coefficient (Wildman–Crippen LogP) is 6.86. The van der Waals surface area contributed by atoms with E-state index in [1.807, 2.05) is 78.6 Å². The van der Waals surface area contributed by atoms with Gasteiger partial charge in [0.15, 0.2) is 0 Å². The van der Waals surface area contributed by atoms with Crippen LogP contribution in [0, 0.1) is 12.8 Å². The summed E-state index contributed by atoms with van der Waals surface area (Å²) in [5.74, 6) is 0.814. The van der Waals surface area contributed by atoms with E-state index in [1.165, 1.54) is 0 Å². The largest absolute Gasteiger partial charge is 0.343 e. The van der Waals surface area contributed by atoms with Crippen LogP contribution in [0.2, 0.25) is 0 Å². The van der Waals surface area contributed by atoms with Gasteiger partial charge in [0, 0.05) is 34.8 Å². The second-order valence-corrected chi connectivity index (χ2v) is 14.0. The van der Waals surface area contributed by atoms with E-state index in [2.05, 4.69) is 42.8 Å². The topological polar surface area (TPSA) is 108 Å². The highest BCUT2D eigenvalue weighted by atomic mass is 16.2. The molecule has 9 heteroatoms. The molecule has 4 amide bonds. The van der Waals surface area contributed by atoms with E-state index in [0.29, 0.717) is 17.3 Å². The molecule has 0 saturated carbocycles. The highest BCUT2D eigenvalue weighted by molar-refractivity contribution is 5.99. The number of amides is 4. The van der Waals surface area contributed by atoms with Crippen molar-refractivity contribution in [3.05, 3.63) is 107 Å². The van der Waals surface area contributed by atoms with Gasteiger partial charge in [0.25, 0.3) is 5.91 Å². The summed E-state index contributed by atoms with van der Waals surface area (Å²) >= 11 is 0. The lowest BCUT2D eigenvalue weighted by Gasteiger charge is -2.39. The summed E-state index contributed by atoms with van der Waals surface area (Å²) in [5, 5.41) is 13.6. The van der Waals surface area contributed by atoms with Crippen LogP contribution >= 0.6 is 0 Å². The van der Waals surface area contributed by atoms with Gasteiger partial charge in [-0.15, -0.1) is 0 Å². The van der Waals surface area contributed by atoms with Gasteiger partial charge >= 0.3 is 6.03 Å². The van der Waals surface area contributed by atoms with Crippen LogP contribution < -0.4 is 16.0 Å². The summed E-state index contributed by atoms with van der Waals surface area (Å²) in [7, 11) is 0. The van der Waals surface area contributed by atoms with Gasteiger partial charge in [0.1, 0.15) is 5.82 Å². The minimum Gasteiger partial charge on any atom is -0.343 e. The molecule has 0 aliphatic carbocycles. The lowest BCUT2D eigenvalue weighted by molar-refractivity contribution is -0.135. The van der Waals surface area contributed by atoms with Gasteiger partial charge in [-0.25, -0.2) is 9.48 Å². The van der Waals surface area contributed by atoms with Gasteiger partial charge in [-0.05, 0) is 86.9 Å². The Morgan fingerprint density at radius 3 is 2.23 bits per heavy atom. The van der Waals surface area contributed by atoms with Crippen LogP contribution in [-0.2, 0) is 16.6 Å². The maximum atomic E-state index is 13.2. The molecule has 4 aromatic rings. The first kappa shape index (κ1) is 32.0. The first-order chi connectivity index (χ1) is 22.5. The Hall–Kier alpha value is -4.92. The number of nitrogens with one attached hydrogen (secondary N) is 3. The Morgan fingerprint density at radius 2 is 1.55 bits per heavy atom. The summed E-state index contributed by atoms with van der Waals surface area (Å²) in [6.07, 6.45) is 4.75. The summed E-state index contributed by atoms with van der Waals surface area (Å²) in [5.41, 5.74) is 5.17. The third-order valence-electron chi connectivity index (χ3n) is 9.26. The van der Waals surface area contributed by atoms with Crippen molar-refractivity contribution in [3.8, 4) is 5.69 Å². The van der Waals surface area contributed by atoms with Gasteiger partial charge in [0.2, 0.25) is 5.91 Å². The third-order valence-corrected chi connectivity index (χ3v) is 9.26. The Balaban J connectivity index is 1.05. The van der Waals surface area contributed by atoms with Crippen molar-refractivity contribution < 1.29 is 14.4 Å². The Morgan fingerprint density at radius 1 is 0.851 bits per heavy atom. The Kier molecular flexibility index (Phi) is 9.16. The molecule has 3 aromatic carbocycles. The molecule has 2 bridgehead atoms. The molecular formula is C38H44N6O3. The Bertz CT molecular complexity index is 1730. The monoisotopic (exact) mass is 632 g/mol. The zero-order chi connectivity index (χ0) is 33.1. The van der Waals surface area contributed by atoms with Crippen molar-refractivity contribution in [2.24, 2.45) is 5.92 Å². The van der Waals surface area contributed by atoms with E-state index in [9.17, 15) is 14.4 Å². The number of rotatable bonds is 8. The van der Waals surface area contributed by atoms with Crippen LogP contribution in [0.3, 0.4) is 0 Å². The molecule has 2 aliphatic rings. The number of anilines is 2. The first-order valence-corrected chi connectivity index (χ1v) is 16.5. The standard InChI is InChI=1S/C38H44N6O3/c1-25-13-15-30(16-14-25)44-34(23-33(42-44)38(2,3)4)41-37(47)40-29-12-8-9-26(20-29)19-27-21-31-17-18-32(22-27)43(31)35(45)24-39-36(46)28-10-6-5-7-11-28/h5-16,20,23,27,31-32H,17-19,21-22,24H2,1-4H3,(H,39,46)(H2,40,41,47). The lowest BCUT2D eigenvalue weighted by atomic mass is 9.85. The van der Waals surface area contributed by atoms with E-state index >= 15 is 0 Å². The van der Waals surface area contributed by atoms with Crippen molar-refractivity contribution in [2.45, 2.75) is 77.3 Å². The summed E-state index contributed by atoms with van der Waals surface area (Å²) in [6, 6.07) is 27.0. The van der Waals surface area contributed by atoms with Gasteiger partial charge < -0.3 is 15.5 Å². The van der Waals surface area contributed by atoms with Crippen LogP contribution in [0.4, 0.5) is 16.3 Å². The maximum absolute atomic E-state index is 13.2. The van der Waals surface area contributed by atoms with Crippen molar-refractivity contribution in [1.29, 1.82) is 0 Å². The van der Waals surface area contributed by atoms with Crippen LogP contribution in [0.5, 0.6) is 0 Å². The molecule has 2 saturated heterocycles. The average Bonchev–Trinajstić information content (AvgIpc) is 3.59. The lowest BCUT2D eigenvalue weighted by Crippen LogP contribution is -2.50. The fourth-order valence-electron chi connectivity index (χ4n) is 6.91. The number of nitrogens with zero attached hydrogens (tertiary/aromatic N) is 3. The number of benzene rings is 3. The molecule has 47 heavy (non-hydrogen) atoms. The molecule has 2 unspecified atom stereocenters. The number of piperidine rings is 1. The predicted molar refractivity (Wildman–Crippen MR) is 185 cm³/mol. The molecule has 0 radical (unpaired) electrons. The van der Waals surface area contributed by atoms with E-state index < -0.39 is 0 Å². The number of fused-ring (bicyclic) bond motifs is 2. The molecule has 3 N–H and O–H groups in total. The minimum atomic E-state index is -0.333. The smallest absolute Gasteiger partial charge is 0.324 e. The zero-order valence-corrected chi connectivity index (χ0v) is 27.6. The van der Waals surface area contributed by atoms with Gasteiger partial charge in [-0.1, -0.05) is 68.8 Å². The van der Waals surface area contributed by atoms with Crippen LogP contribution in [0.15, 0.2) is 84.9 Å². The SMILES string of the molecule is Cc1ccc(-n2nc(C(C)(C)C)cc2NC(=O)Nc2cccc(CC3CC4CCC(C3)N4C(=O)CNC(=O)c3ccccc3)c2)cc1. The molecule has 3 heterocycles. The maximum Gasteiger partial charge on any atom is 0.324 e. The van der Waals surface area contributed by atoms with E-state index in [-0.39, 0.29) is 41.9 Å². The van der Waals surface area contributed by atoms with Gasteiger partial charge in [0.05, 0.1) is 17.9 Å². The second kappa shape index (κ2) is 13.4. The number of aryl methyl sites for hydroxylation is 1. The molecule has 6 rings (SSSR count). The summed E-state index contributed by atoms with van der Waals surface area (Å²) in [4.78, 5) is 40.9. The van der Waals surface area contributed by atoms with Crippen molar-refractivity contribution in [1.82, 2.24) is 20.0 Å². The minimum absolute atomic E-state index is 0.00390. The van der Waals surface area contributed by atoms with Crippen LogP contribution in [0.25, 0.3) is 5.69 Å². The number of aromatic nitrogens is 2. The van der Waals surface area contributed by atoms with Crippen LogP contribution in [-0.4, -0.2) is 51.2 Å². The molecule has 0 spiro atoms. The number of hydrogen-bond acceptors (Lipinski definition) is 4. The number of hydrogen-bond donors (Lipinski definition) is 3. The summed E-state index contributed by atoms with van der Waals surface area (Å²) in [6.45, 7) is 8.36. The van der Waals surface area contributed by atoms with Crippen molar-refractivity contribution in [3.63, 3.8) is 0 Å². The average molecular weight is 633 g/mol. The van der Waals surface area contributed by atoms with E-state index in [4.69, 9.17) is 5.10 Å². The molecule has 2 atom stereocenters. The highest BCUT2D eigenvalue weighted by Gasteiger charge is 2.42. The third kappa shape index (κ3) is 7.56. The molecular weight excluding hydrogens is 588 g/mol. The van der Waals surface area contributed by atoms with Crippen molar-refractivity contribution in [2.75, 3.05) is 17.2 Å². The summed E-state index contributed by atoms with van der Waals surface area (Å²) < 4.78 is 1.78. The highest BCUT2D eigenvalue weighted by Crippen LogP contribution is 2.40. The normalized spacial score (nSPS) is 18.9. The fourth-order valence-corrected chi connectivity index (χ4v) is 6.91. The first-order valence-electron chi connectivity index (χ1n) is 16.5. The quantitative estimate of drug-likeness (QED) is 0.197. The molecule has 244 valence electrons. The molecule has 2 aliphatic heterocycles.